The number of likely N-dealkylation sites (tertiary alicyclic amines) is 1. The molecule has 2 aromatic rings. The number of carbonyl (C=O) groups is 1. The Labute approximate surface area is 122 Å². The summed E-state index contributed by atoms with van der Waals surface area (Å²) in [6.07, 6.45) is 5.53. The van der Waals surface area contributed by atoms with Gasteiger partial charge in [-0.05, 0) is 20.2 Å². The van der Waals surface area contributed by atoms with E-state index in [9.17, 15) is 4.79 Å². The van der Waals surface area contributed by atoms with Crippen LogP contribution in [0.4, 0.5) is 0 Å². The fourth-order valence-corrected chi connectivity index (χ4v) is 2.79. The van der Waals surface area contributed by atoms with Crippen molar-refractivity contribution in [3.8, 4) is 0 Å². The molecule has 0 radical (unpaired) electrons. The van der Waals surface area contributed by atoms with Crippen LogP contribution < -0.4 is 0 Å². The molecule has 3 rings (SSSR count). The molecule has 0 saturated carbocycles. The minimum atomic E-state index is 0.105. The van der Waals surface area contributed by atoms with E-state index in [0.29, 0.717) is 19.5 Å². The molecule has 0 spiro atoms. The highest BCUT2D eigenvalue weighted by atomic mass is 16.2. The number of hydrogen-bond donors (Lipinski definition) is 1. The van der Waals surface area contributed by atoms with Crippen LogP contribution in [0.5, 0.6) is 0 Å². The van der Waals surface area contributed by atoms with E-state index >= 15 is 0 Å². The molecule has 1 aliphatic rings. The molecule has 1 N–H and O–H groups in total. The van der Waals surface area contributed by atoms with Crippen LogP contribution in [-0.4, -0.2) is 74.1 Å². The second kappa shape index (κ2) is 5.65. The molecular weight excluding hydrogens is 270 g/mol. The molecule has 2 atom stereocenters. The lowest BCUT2D eigenvalue weighted by Crippen LogP contribution is -2.37. The predicted octanol–water partition coefficient (Wildman–Crippen LogP) is -0.443. The Bertz CT molecular complexity index is 578. The largest absolute Gasteiger partial charge is 0.338 e. The standard InChI is InChI=1S/C13H19N7O/c1-18(2)11-8-19(9-12(11)20-6-5-15-17-20)13(21)7-10-3-4-14-16-10/h3-6,11-12H,7-9H2,1-2H3,(H,14,16)/t11-,12+/m1/s1. The lowest BCUT2D eigenvalue weighted by atomic mass is 10.1. The minimum absolute atomic E-state index is 0.105. The van der Waals surface area contributed by atoms with E-state index in [-0.39, 0.29) is 18.0 Å². The minimum Gasteiger partial charge on any atom is -0.338 e. The third-order valence-corrected chi connectivity index (χ3v) is 3.96. The highest BCUT2D eigenvalue weighted by Crippen LogP contribution is 2.24. The van der Waals surface area contributed by atoms with Crippen LogP contribution >= 0.6 is 0 Å². The van der Waals surface area contributed by atoms with Crippen LogP contribution in [0, 0.1) is 0 Å². The fraction of sp³-hybridized carbons (Fsp3) is 0.538. The number of carbonyl (C=O) groups excluding carboxylic acids is 1. The van der Waals surface area contributed by atoms with E-state index in [2.05, 4.69) is 25.4 Å². The van der Waals surface area contributed by atoms with E-state index in [1.807, 2.05) is 35.9 Å². The van der Waals surface area contributed by atoms with Gasteiger partial charge in [0, 0.05) is 31.2 Å². The number of nitrogens with zero attached hydrogens (tertiary/aromatic N) is 6. The Morgan fingerprint density at radius 1 is 1.43 bits per heavy atom. The smallest absolute Gasteiger partial charge is 0.228 e. The molecule has 0 bridgehead atoms. The Kier molecular flexibility index (Phi) is 3.70. The Hall–Kier alpha value is -2.22. The van der Waals surface area contributed by atoms with Crippen molar-refractivity contribution in [3.63, 3.8) is 0 Å². The van der Waals surface area contributed by atoms with Crippen molar-refractivity contribution < 1.29 is 4.79 Å². The molecule has 0 aromatic carbocycles. The summed E-state index contributed by atoms with van der Waals surface area (Å²) in [4.78, 5) is 16.4. The summed E-state index contributed by atoms with van der Waals surface area (Å²) >= 11 is 0. The van der Waals surface area contributed by atoms with Gasteiger partial charge in [0.25, 0.3) is 0 Å². The number of likely N-dealkylation sites (N-methyl/N-ethyl adjacent to an activating group) is 1. The zero-order valence-corrected chi connectivity index (χ0v) is 12.2. The average molecular weight is 289 g/mol. The van der Waals surface area contributed by atoms with Gasteiger partial charge in [0.15, 0.2) is 0 Å². The van der Waals surface area contributed by atoms with Gasteiger partial charge in [0.05, 0.1) is 24.7 Å². The van der Waals surface area contributed by atoms with Crippen LogP contribution in [0.2, 0.25) is 0 Å². The summed E-state index contributed by atoms with van der Waals surface area (Å²) in [5, 5.41) is 14.7. The molecule has 1 saturated heterocycles. The highest BCUT2D eigenvalue weighted by Gasteiger charge is 2.38. The van der Waals surface area contributed by atoms with E-state index in [1.54, 1.807) is 12.4 Å². The van der Waals surface area contributed by atoms with E-state index < -0.39 is 0 Å². The zero-order chi connectivity index (χ0) is 14.8. The van der Waals surface area contributed by atoms with Crippen LogP contribution in [0.25, 0.3) is 0 Å². The summed E-state index contributed by atoms with van der Waals surface area (Å²) in [7, 11) is 4.05. The molecule has 21 heavy (non-hydrogen) atoms. The fourth-order valence-electron chi connectivity index (χ4n) is 2.79. The van der Waals surface area contributed by atoms with Crippen LogP contribution in [0.3, 0.4) is 0 Å². The SMILES string of the molecule is CN(C)[C@@H]1CN(C(=O)Cc2ccn[nH]2)C[C@@H]1n1ccnn1. The molecular formula is C13H19N7O. The Morgan fingerprint density at radius 3 is 2.90 bits per heavy atom. The van der Waals surface area contributed by atoms with Gasteiger partial charge in [0.2, 0.25) is 5.91 Å². The van der Waals surface area contributed by atoms with E-state index in [1.165, 1.54) is 0 Å². The first kappa shape index (κ1) is 13.7. The number of H-pyrrole nitrogens is 1. The van der Waals surface area contributed by atoms with Gasteiger partial charge in [-0.3, -0.25) is 9.89 Å². The Morgan fingerprint density at radius 2 is 2.29 bits per heavy atom. The lowest BCUT2D eigenvalue weighted by Gasteiger charge is -2.24. The van der Waals surface area contributed by atoms with Crippen molar-refractivity contribution in [1.29, 1.82) is 0 Å². The van der Waals surface area contributed by atoms with Crippen LogP contribution in [0.1, 0.15) is 11.7 Å². The number of aromatic nitrogens is 5. The topological polar surface area (TPSA) is 82.9 Å². The normalized spacial score (nSPS) is 22.1. The number of aromatic amines is 1. The summed E-state index contributed by atoms with van der Waals surface area (Å²) < 4.78 is 1.84. The van der Waals surface area contributed by atoms with Gasteiger partial charge < -0.3 is 9.80 Å². The highest BCUT2D eigenvalue weighted by molar-refractivity contribution is 5.78. The Balaban J connectivity index is 1.72. The lowest BCUT2D eigenvalue weighted by molar-refractivity contribution is -0.129. The average Bonchev–Trinajstić information content (AvgIpc) is 3.19. The first-order valence-corrected chi connectivity index (χ1v) is 6.93. The number of hydrogen-bond acceptors (Lipinski definition) is 5. The van der Waals surface area contributed by atoms with Crippen molar-refractivity contribution >= 4 is 5.91 Å². The van der Waals surface area contributed by atoms with Gasteiger partial charge >= 0.3 is 0 Å². The first-order chi connectivity index (χ1) is 10.1. The second-order valence-corrected chi connectivity index (χ2v) is 5.54. The number of rotatable bonds is 4. The molecule has 112 valence electrons. The molecule has 0 aliphatic carbocycles. The molecule has 8 heteroatoms. The quantitative estimate of drug-likeness (QED) is 0.825. The van der Waals surface area contributed by atoms with Crippen molar-refractivity contribution in [2.24, 2.45) is 0 Å². The van der Waals surface area contributed by atoms with Gasteiger partial charge in [-0.15, -0.1) is 5.10 Å². The van der Waals surface area contributed by atoms with Gasteiger partial charge in [-0.2, -0.15) is 5.10 Å². The molecule has 1 aliphatic heterocycles. The van der Waals surface area contributed by atoms with Crippen LogP contribution in [0.15, 0.2) is 24.7 Å². The molecule has 3 heterocycles. The number of nitrogens with one attached hydrogen (secondary N) is 1. The maximum Gasteiger partial charge on any atom is 0.228 e. The van der Waals surface area contributed by atoms with Crippen molar-refractivity contribution in [3.05, 3.63) is 30.4 Å². The van der Waals surface area contributed by atoms with Gasteiger partial charge in [0.1, 0.15) is 0 Å². The molecule has 2 aromatic heterocycles. The van der Waals surface area contributed by atoms with Crippen LogP contribution in [-0.2, 0) is 11.2 Å². The summed E-state index contributed by atoms with van der Waals surface area (Å²) in [5.41, 5.74) is 0.839. The third-order valence-electron chi connectivity index (χ3n) is 3.96. The monoisotopic (exact) mass is 289 g/mol. The van der Waals surface area contributed by atoms with Gasteiger partial charge in [-0.1, -0.05) is 5.21 Å². The third kappa shape index (κ3) is 2.80. The summed E-state index contributed by atoms with van der Waals surface area (Å²) in [6, 6.07) is 2.19. The van der Waals surface area contributed by atoms with Crippen molar-refractivity contribution in [2.45, 2.75) is 18.5 Å². The predicted molar refractivity (Wildman–Crippen MR) is 75.4 cm³/mol. The van der Waals surface area contributed by atoms with Crippen molar-refractivity contribution in [1.82, 2.24) is 35.0 Å². The molecule has 1 amide bonds. The first-order valence-electron chi connectivity index (χ1n) is 6.93. The molecule has 0 unspecified atom stereocenters. The summed E-state index contributed by atoms with van der Waals surface area (Å²) in [6.45, 7) is 1.35. The van der Waals surface area contributed by atoms with E-state index in [0.717, 1.165) is 5.69 Å². The van der Waals surface area contributed by atoms with E-state index in [4.69, 9.17) is 0 Å². The molecule has 8 nitrogen and oxygen atoms in total. The maximum atomic E-state index is 12.4. The zero-order valence-electron chi connectivity index (χ0n) is 12.2. The summed E-state index contributed by atoms with van der Waals surface area (Å²) in [5.74, 6) is 0.105. The molecule has 1 fully saturated rings. The maximum absolute atomic E-state index is 12.4. The number of amides is 1. The second-order valence-electron chi connectivity index (χ2n) is 5.54. The van der Waals surface area contributed by atoms with Crippen molar-refractivity contribution in [2.75, 3.05) is 27.2 Å². The van der Waals surface area contributed by atoms with Gasteiger partial charge in [-0.25, -0.2) is 4.68 Å².